The Hall–Kier alpha value is -1.52. The van der Waals surface area contributed by atoms with Crippen molar-refractivity contribution in [2.45, 2.75) is 12.8 Å². The van der Waals surface area contributed by atoms with Gasteiger partial charge in [0.05, 0.1) is 17.9 Å². The van der Waals surface area contributed by atoms with Gasteiger partial charge < -0.3 is 9.84 Å². The van der Waals surface area contributed by atoms with E-state index in [1.807, 2.05) is 23.6 Å². The number of aliphatic carboxylic acids is 1. The Morgan fingerprint density at radius 1 is 1.47 bits per heavy atom. The van der Waals surface area contributed by atoms with Crippen LogP contribution in [-0.4, -0.2) is 18.2 Å². The van der Waals surface area contributed by atoms with E-state index >= 15 is 0 Å². The molecule has 19 heavy (non-hydrogen) atoms. The maximum Gasteiger partial charge on any atom is 0.310 e. The van der Waals surface area contributed by atoms with E-state index in [9.17, 15) is 4.79 Å². The number of carboxylic acids is 1. The molecule has 0 saturated carbocycles. The van der Waals surface area contributed by atoms with E-state index in [-0.39, 0.29) is 0 Å². The van der Waals surface area contributed by atoms with Crippen molar-refractivity contribution in [3.8, 4) is 16.2 Å². The largest absolute Gasteiger partial charge is 0.495 e. The normalized spacial score (nSPS) is 12.2. The third kappa shape index (κ3) is 2.74. The average molecular weight is 297 g/mol. The molecule has 0 radical (unpaired) electrons. The Morgan fingerprint density at radius 3 is 2.79 bits per heavy atom. The van der Waals surface area contributed by atoms with Crippen molar-refractivity contribution in [2.75, 3.05) is 7.11 Å². The molecule has 5 heteroatoms. The van der Waals surface area contributed by atoms with Crippen molar-refractivity contribution in [1.82, 2.24) is 0 Å². The molecular weight excluding hydrogens is 284 g/mol. The quantitative estimate of drug-likeness (QED) is 0.916. The first-order valence-corrected chi connectivity index (χ1v) is 6.94. The van der Waals surface area contributed by atoms with Gasteiger partial charge in [0.25, 0.3) is 0 Å². The Kier molecular flexibility index (Phi) is 4.12. The molecule has 1 aromatic heterocycles. The van der Waals surface area contributed by atoms with E-state index in [2.05, 4.69) is 0 Å². The number of hydrogen-bond donors (Lipinski definition) is 1. The summed E-state index contributed by atoms with van der Waals surface area (Å²) in [5, 5.41) is 11.6. The first-order chi connectivity index (χ1) is 9.04. The lowest BCUT2D eigenvalue weighted by Crippen LogP contribution is -2.07. The lowest BCUT2D eigenvalue weighted by Gasteiger charge is -2.09. The molecule has 0 aliphatic heterocycles. The van der Waals surface area contributed by atoms with Crippen molar-refractivity contribution < 1.29 is 14.6 Å². The highest BCUT2D eigenvalue weighted by Gasteiger charge is 2.23. The van der Waals surface area contributed by atoms with Crippen LogP contribution in [0.15, 0.2) is 29.6 Å². The summed E-state index contributed by atoms with van der Waals surface area (Å²) in [6.07, 6.45) is 0. The van der Waals surface area contributed by atoms with Crippen molar-refractivity contribution in [3.05, 3.63) is 40.2 Å². The predicted octanol–water partition coefficient (Wildman–Crippen LogP) is 4.27. The zero-order valence-corrected chi connectivity index (χ0v) is 12.1. The number of ether oxygens (including phenoxy) is 1. The van der Waals surface area contributed by atoms with Gasteiger partial charge in [-0.05, 0) is 30.0 Å². The topological polar surface area (TPSA) is 46.5 Å². The lowest BCUT2D eigenvalue weighted by atomic mass is 10.0. The van der Waals surface area contributed by atoms with E-state index < -0.39 is 11.9 Å². The summed E-state index contributed by atoms with van der Waals surface area (Å²) in [6.45, 7) is 1.65. The van der Waals surface area contributed by atoms with Gasteiger partial charge in [-0.25, -0.2) is 0 Å². The molecule has 2 rings (SSSR count). The van der Waals surface area contributed by atoms with E-state index in [0.717, 1.165) is 10.4 Å². The highest BCUT2D eigenvalue weighted by Crippen LogP contribution is 2.42. The van der Waals surface area contributed by atoms with Crippen molar-refractivity contribution in [1.29, 1.82) is 0 Å². The zero-order valence-electron chi connectivity index (χ0n) is 10.5. The molecule has 1 atom stereocenters. The predicted molar refractivity (Wildman–Crippen MR) is 77.4 cm³/mol. The summed E-state index contributed by atoms with van der Waals surface area (Å²) >= 11 is 7.44. The number of halogens is 1. The van der Waals surface area contributed by atoms with Crippen molar-refractivity contribution in [3.63, 3.8) is 0 Å². The number of carboxylic acid groups (broad SMARTS) is 1. The highest BCUT2D eigenvalue weighted by atomic mass is 35.5. The second-order valence-corrected chi connectivity index (χ2v) is 5.44. The third-order valence-electron chi connectivity index (χ3n) is 2.90. The number of methoxy groups -OCH3 is 1. The molecule has 0 bridgehead atoms. The monoisotopic (exact) mass is 296 g/mol. The van der Waals surface area contributed by atoms with Crippen LogP contribution in [0.4, 0.5) is 0 Å². The molecular formula is C14H13ClO3S. The average Bonchev–Trinajstić information content (AvgIpc) is 2.81. The fourth-order valence-electron chi connectivity index (χ4n) is 1.83. The van der Waals surface area contributed by atoms with Gasteiger partial charge in [-0.15, -0.1) is 11.3 Å². The van der Waals surface area contributed by atoms with Gasteiger partial charge in [0.15, 0.2) is 0 Å². The van der Waals surface area contributed by atoms with Crippen LogP contribution in [-0.2, 0) is 4.79 Å². The van der Waals surface area contributed by atoms with Crippen LogP contribution < -0.4 is 4.74 Å². The maximum absolute atomic E-state index is 11.1. The van der Waals surface area contributed by atoms with Crippen LogP contribution in [0.3, 0.4) is 0 Å². The van der Waals surface area contributed by atoms with Crippen LogP contribution in [0.1, 0.15) is 18.4 Å². The molecule has 0 saturated heterocycles. The Morgan fingerprint density at radius 2 is 2.21 bits per heavy atom. The lowest BCUT2D eigenvalue weighted by molar-refractivity contribution is -0.138. The molecule has 0 spiro atoms. The SMILES string of the molecule is COc1c(C(C)C(=O)O)csc1-c1cccc(Cl)c1. The number of thiophene rings is 1. The number of carbonyl (C=O) groups is 1. The van der Waals surface area contributed by atoms with Crippen molar-refractivity contribution >= 4 is 28.9 Å². The first kappa shape index (κ1) is 13.9. The highest BCUT2D eigenvalue weighted by molar-refractivity contribution is 7.14. The number of benzene rings is 1. The molecule has 100 valence electrons. The van der Waals surface area contributed by atoms with Gasteiger partial charge in [0, 0.05) is 10.6 Å². The number of hydrogen-bond acceptors (Lipinski definition) is 3. The van der Waals surface area contributed by atoms with Gasteiger partial charge in [-0.2, -0.15) is 0 Å². The zero-order chi connectivity index (χ0) is 14.0. The fourth-order valence-corrected chi connectivity index (χ4v) is 3.15. The van der Waals surface area contributed by atoms with Crippen LogP contribution in [0.2, 0.25) is 5.02 Å². The van der Waals surface area contributed by atoms with Gasteiger partial charge in [0.1, 0.15) is 5.75 Å². The minimum absolute atomic E-state index is 0.598. The Bertz CT molecular complexity index is 606. The second-order valence-electron chi connectivity index (χ2n) is 4.12. The van der Waals surface area contributed by atoms with E-state index in [4.69, 9.17) is 21.4 Å². The Balaban J connectivity index is 2.51. The van der Waals surface area contributed by atoms with Gasteiger partial charge in [-0.1, -0.05) is 23.7 Å². The molecule has 1 unspecified atom stereocenters. The molecule has 0 amide bonds. The minimum Gasteiger partial charge on any atom is -0.495 e. The van der Waals surface area contributed by atoms with E-state index in [1.54, 1.807) is 20.1 Å². The van der Waals surface area contributed by atoms with Crippen LogP contribution >= 0.6 is 22.9 Å². The summed E-state index contributed by atoms with van der Waals surface area (Å²) in [4.78, 5) is 12.0. The van der Waals surface area contributed by atoms with Gasteiger partial charge >= 0.3 is 5.97 Å². The summed E-state index contributed by atoms with van der Waals surface area (Å²) in [5.74, 6) is -0.852. The van der Waals surface area contributed by atoms with Gasteiger partial charge in [0.2, 0.25) is 0 Å². The van der Waals surface area contributed by atoms with Gasteiger partial charge in [-0.3, -0.25) is 4.79 Å². The van der Waals surface area contributed by atoms with Crippen LogP contribution in [0, 0.1) is 0 Å². The molecule has 0 aliphatic rings. The summed E-state index contributed by atoms with van der Waals surface area (Å²) in [7, 11) is 1.55. The Labute approximate surface area is 120 Å². The maximum atomic E-state index is 11.1. The molecule has 2 aromatic rings. The minimum atomic E-state index is -0.867. The summed E-state index contributed by atoms with van der Waals surface area (Å²) in [5.41, 5.74) is 1.62. The third-order valence-corrected chi connectivity index (χ3v) is 4.16. The summed E-state index contributed by atoms with van der Waals surface area (Å²) < 4.78 is 5.39. The van der Waals surface area contributed by atoms with Crippen molar-refractivity contribution in [2.24, 2.45) is 0 Å². The smallest absolute Gasteiger partial charge is 0.310 e. The standard InChI is InChI=1S/C14H13ClO3S/c1-8(14(16)17)11-7-19-13(12(11)18-2)9-4-3-5-10(15)6-9/h3-8H,1-2H3,(H,16,17). The molecule has 0 aliphatic carbocycles. The van der Waals surface area contributed by atoms with Crippen LogP contribution in [0.5, 0.6) is 5.75 Å². The first-order valence-electron chi connectivity index (χ1n) is 5.68. The molecule has 3 nitrogen and oxygen atoms in total. The molecule has 1 aromatic carbocycles. The van der Waals surface area contributed by atoms with E-state index in [0.29, 0.717) is 16.3 Å². The molecule has 1 heterocycles. The second kappa shape index (κ2) is 5.63. The molecule has 1 N–H and O–H groups in total. The summed E-state index contributed by atoms with van der Waals surface area (Å²) in [6, 6.07) is 7.42. The fraction of sp³-hybridized carbons (Fsp3) is 0.214. The number of rotatable bonds is 4. The van der Waals surface area contributed by atoms with E-state index in [1.165, 1.54) is 11.3 Å². The van der Waals surface area contributed by atoms with Crippen LogP contribution in [0.25, 0.3) is 10.4 Å². The molecule has 0 fully saturated rings.